The maximum Gasteiger partial charge on any atom is 1.00 e. The Kier molecular flexibility index (Phi) is 4.16. The molecule has 2 aromatic rings. The maximum atomic E-state index is 13.3. The number of carbonyl (C=O) groups excluding carboxylic acids is 1. The van der Waals surface area contributed by atoms with Gasteiger partial charge in [-0.1, -0.05) is 12.7 Å². The van der Waals surface area contributed by atoms with Crippen LogP contribution in [0, 0.1) is 5.89 Å². The van der Waals surface area contributed by atoms with Gasteiger partial charge in [-0.25, -0.2) is 0 Å². The van der Waals surface area contributed by atoms with Gasteiger partial charge in [0.25, 0.3) is 11.5 Å². The van der Waals surface area contributed by atoms with E-state index in [0.717, 1.165) is 25.2 Å². The molecule has 2 aromatic heterocycles. The Labute approximate surface area is 232 Å². The fourth-order valence-electron chi connectivity index (χ4n) is 2.54. The van der Waals surface area contributed by atoms with Crippen molar-refractivity contribution >= 4 is 27.5 Å². The predicted molar refractivity (Wildman–Crippen MR) is 108 cm³/mol. The molecule has 3 rings (SSSR count). The van der Waals surface area contributed by atoms with Gasteiger partial charge < -0.3 is 15.3 Å². The van der Waals surface area contributed by atoms with Gasteiger partial charge in [0.15, 0.2) is 1.41 Å². The number of pyridine rings is 1. The summed E-state index contributed by atoms with van der Waals surface area (Å²) in [7, 11) is 0. The van der Waals surface area contributed by atoms with E-state index >= 15 is 0 Å². The fourth-order valence-corrected chi connectivity index (χ4v) is 3.48. The predicted octanol–water partition coefficient (Wildman–Crippen LogP) is -0.427. The molecule has 1 aliphatic heterocycles. The zero-order valence-corrected chi connectivity index (χ0v) is 19.7. The zero-order valence-electron chi connectivity index (χ0n) is 29.8. The van der Waals surface area contributed by atoms with Gasteiger partial charge in [0.2, 0.25) is 0 Å². The fraction of sp³-hybridized carbons (Fsp3) is 0.600. The monoisotopic (exact) mass is 443 g/mol. The first-order valence-electron chi connectivity index (χ1n) is 15.1. The van der Waals surface area contributed by atoms with Gasteiger partial charge in [0.1, 0.15) is 4.83 Å². The van der Waals surface area contributed by atoms with Crippen molar-refractivity contribution in [1.82, 2.24) is 14.8 Å². The summed E-state index contributed by atoms with van der Waals surface area (Å²) in [6, 6.07) is -1.36. The molecule has 1 atom stereocenters. The van der Waals surface area contributed by atoms with E-state index in [1.165, 1.54) is 11.4 Å². The molecule has 0 aromatic carbocycles. The second-order valence-corrected chi connectivity index (χ2v) is 6.75. The number of hydrogen-bond donors (Lipinski definition) is 1. The number of nitrogens with zero attached hydrogens (tertiary/aromatic N) is 2. The molecule has 1 amide bonds. The van der Waals surface area contributed by atoms with Crippen molar-refractivity contribution in [3.8, 4) is 5.75 Å². The van der Waals surface area contributed by atoms with Crippen molar-refractivity contribution in [3.63, 3.8) is 0 Å². The summed E-state index contributed by atoms with van der Waals surface area (Å²) < 4.78 is 114. The van der Waals surface area contributed by atoms with Gasteiger partial charge >= 0.3 is 51.4 Å². The summed E-state index contributed by atoms with van der Waals surface area (Å²) in [6.45, 7) is -9.19. The van der Waals surface area contributed by atoms with Crippen LogP contribution in [0.3, 0.4) is 0 Å². The van der Waals surface area contributed by atoms with Crippen LogP contribution in [0.5, 0.6) is 5.75 Å². The first-order valence-corrected chi connectivity index (χ1v) is 9.03. The van der Waals surface area contributed by atoms with E-state index in [1.807, 2.05) is 0 Å². The van der Waals surface area contributed by atoms with Crippen molar-refractivity contribution < 1.29 is 80.5 Å². The quantitative estimate of drug-likeness (QED) is 0.615. The van der Waals surface area contributed by atoms with Crippen LogP contribution in [0.2, 0.25) is 1.41 Å². The average molecular weight is 444 g/mol. The number of nitrogens with one attached hydrogen (secondary N) is 1. The van der Waals surface area contributed by atoms with Crippen molar-refractivity contribution in [2.24, 2.45) is 5.89 Å². The van der Waals surface area contributed by atoms with Crippen molar-refractivity contribution in [3.05, 3.63) is 27.4 Å². The SMILES string of the molecule is [2H]N(CCCN1C([2H])([2H])C([2H])([2H])C([2H])(C)C([2H])([2H])C1([2H])[2H])C(=O)c1c([O-])c2ccsc2n(C([2H])(C)C([2H])([2H])[2H])c1=O.[K+]. The molecule has 1 fully saturated rings. The Morgan fingerprint density at radius 1 is 1.61 bits per heavy atom. The van der Waals surface area contributed by atoms with Crippen molar-refractivity contribution in [1.29, 1.82) is 0 Å². The minimum absolute atomic E-state index is 0. The number of hydrogen-bond acceptors (Lipinski definition) is 5. The standard InChI is InChI=1S/C20H29N3O3S.K/c1-13(2)23-19(26)16(17(24)15-7-12-27-20(15)23)18(25)21-8-4-9-22-10-5-14(3)6-11-22;/h7,12-14,24H,4-6,8-11H2,1-3H3,(H,21,25);/q;+1/p-1/i1D3,5D2,6D2,10D2,11D2,13D,14D;/hD. The van der Waals surface area contributed by atoms with Crippen LogP contribution in [0.25, 0.3) is 10.2 Å². The van der Waals surface area contributed by atoms with Gasteiger partial charge in [0.05, 0.1) is 6.93 Å². The number of fused-ring (bicyclic) bond motifs is 1. The molecule has 0 saturated carbocycles. The van der Waals surface area contributed by atoms with Gasteiger partial charge in [0, 0.05) is 34.4 Å². The molecule has 1 unspecified atom stereocenters. The summed E-state index contributed by atoms with van der Waals surface area (Å²) in [4.78, 5) is 26.5. The minimum Gasteiger partial charge on any atom is -0.871 e. The molecule has 0 radical (unpaired) electrons. The summed E-state index contributed by atoms with van der Waals surface area (Å²) in [5, 5.41) is 14.3. The Morgan fingerprint density at radius 3 is 3.00 bits per heavy atom. The number of rotatable bonds is 6. The minimum atomic E-state index is -3.21. The van der Waals surface area contributed by atoms with Crippen LogP contribution in [0.15, 0.2) is 16.2 Å². The van der Waals surface area contributed by atoms with E-state index in [4.69, 9.17) is 19.2 Å². The molecule has 3 heterocycles. The Morgan fingerprint density at radius 2 is 2.32 bits per heavy atom. The zero-order chi connectivity index (χ0) is 31.9. The first-order chi connectivity index (χ1) is 18.2. The van der Waals surface area contributed by atoms with Crippen LogP contribution >= 0.6 is 11.3 Å². The summed E-state index contributed by atoms with van der Waals surface area (Å²) >= 11 is 0.813. The third kappa shape index (κ3) is 5.27. The van der Waals surface area contributed by atoms with E-state index in [-0.39, 0.29) is 71.8 Å². The molecule has 0 bridgehead atoms. The Hall–Kier alpha value is -0.224. The number of thiophene rings is 1. The second-order valence-electron chi connectivity index (χ2n) is 5.86. The first kappa shape index (κ1) is 10.9. The largest absolute Gasteiger partial charge is 1.00 e. The van der Waals surface area contributed by atoms with E-state index in [0.29, 0.717) is 4.57 Å². The molecular formula is C20H28KN3O3S. The molecule has 1 aliphatic rings. The van der Waals surface area contributed by atoms with Crippen molar-refractivity contribution in [2.45, 2.75) is 45.9 Å². The van der Waals surface area contributed by atoms with Crippen LogP contribution in [0.1, 0.15) is 74.1 Å². The average Bonchev–Trinajstić information content (AvgIpc) is 3.28. The second kappa shape index (κ2) is 10.7. The van der Waals surface area contributed by atoms with Crippen LogP contribution in [-0.4, -0.2) is 41.5 Å². The van der Waals surface area contributed by atoms with E-state index in [1.54, 1.807) is 0 Å². The number of aromatic nitrogens is 1. The number of piperidine rings is 1. The number of likely N-dealkylation sites (tertiary alicyclic amines) is 1. The molecule has 0 aliphatic carbocycles. The molecule has 0 spiro atoms. The van der Waals surface area contributed by atoms with Crippen LogP contribution in [-0.2, 0) is 0 Å². The van der Waals surface area contributed by atoms with Crippen molar-refractivity contribution in [2.75, 3.05) is 26.1 Å². The van der Waals surface area contributed by atoms with Gasteiger partial charge in [-0.15, -0.1) is 11.3 Å². The third-order valence-corrected chi connectivity index (χ3v) is 4.74. The Bertz CT molecular complexity index is 1390. The van der Waals surface area contributed by atoms with Gasteiger partial charge in [-0.05, 0) is 69.8 Å². The summed E-state index contributed by atoms with van der Waals surface area (Å²) in [5.74, 6) is -5.41. The van der Waals surface area contributed by atoms with Crippen LogP contribution in [0.4, 0.5) is 0 Å². The Balaban J connectivity index is 0.00000616. The van der Waals surface area contributed by atoms with E-state index in [9.17, 15) is 14.7 Å². The van der Waals surface area contributed by atoms with E-state index in [2.05, 4.69) is 0 Å². The topological polar surface area (TPSA) is 77.4 Å². The molecule has 28 heavy (non-hydrogen) atoms. The van der Waals surface area contributed by atoms with Gasteiger partial charge in [-0.3, -0.25) is 14.2 Å². The van der Waals surface area contributed by atoms with E-state index < -0.39 is 86.8 Å². The molecule has 8 heteroatoms. The number of carbonyl (C=O) groups is 1. The normalized spacial score (nSPS) is 33.9. The summed E-state index contributed by atoms with van der Waals surface area (Å²) in [6.07, 6.45) is -6.88. The number of amides is 1. The molecule has 148 valence electrons. The third-order valence-electron chi connectivity index (χ3n) is 3.84. The van der Waals surface area contributed by atoms with Crippen LogP contribution < -0.4 is 67.4 Å². The molecular weight excluding hydrogens is 401 g/mol. The van der Waals surface area contributed by atoms with Gasteiger partial charge in [-0.2, -0.15) is 0 Å². The molecule has 1 N–H and O–H groups in total. The molecule has 1 saturated heterocycles. The summed E-state index contributed by atoms with van der Waals surface area (Å²) in [5.41, 5.74) is -2.50. The maximum absolute atomic E-state index is 13.3. The molecule has 6 nitrogen and oxygen atoms in total. The smallest absolute Gasteiger partial charge is 0.871 e.